The molecule has 2 N–H and O–H groups in total. The van der Waals surface area contributed by atoms with E-state index in [-0.39, 0.29) is 24.0 Å². The Morgan fingerprint density at radius 1 is 1.08 bits per heavy atom. The molecule has 0 bridgehead atoms. The van der Waals surface area contributed by atoms with Crippen LogP contribution in [0.5, 0.6) is 0 Å². The fourth-order valence-corrected chi connectivity index (χ4v) is 2.44. The summed E-state index contributed by atoms with van der Waals surface area (Å²) in [7, 11) is 1.93. The summed E-state index contributed by atoms with van der Waals surface area (Å²) in [6.07, 6.45) is 5.50. The lowest BCUT2D eigenvalue weighted by atomic mass is 10.2. The second kappa shape index (κ2) is 9.95. The monoisotopic (exact) mass is 465 g/mol. The van der Waals surface area contributed by atoms with Gasteiger partial charge in [-0.1, -0.05) is 12.1 Å². The van der Waals surface area contributed by atoms with Crippen molar-refractivity contribution in [3.8, 4) is 5.69 Å². The zero-order chi connectivity index (χ0) is 17.5. The van der Waals surface area contributed by atoms with E-state index in [4.69, 9.17) is 0 Å². The maximum atomic E-state index is 4.65. The summed E-state index contributed by atoms with van der Waals surface area (Å²) >= 11 is 0. The van der Waals surface area contributed by atoms with Gasteiger partial charge in [0, 0.05) is 32.2 Å². The van der Waals surface area contributed by atoms with E-state index >= 15 is 0 Å². The number of hydrogen-bond acceptors (Lipinski definition) is 3. The van der Waals surface area contributed by atoms with Crippen molar-refractivity contribution in [3.05, 3.63) is 66.2 Å². The fourth-order valence-electron chi connectivity index (χ4n) is 2.44. The molecule has 0 saturated heterocycles. The van der Waals surface area contributed by atoms with Crippen LogP contribution in [-0.4, -0.2) is 32.1 Å². The molecule has 3 aromatic rings. The summed E-state index contributed by atoms with van der Waals surface area (Å²) in [5.74, 6) is 0.792. The van der Waals surface area contributed by atoms with Gasteiger partial charge in [0.15, 0.2) is 5.96 Å². The third-order valence-electron chi connectivity index (χ3n) is 3.83. The van der Waals surface area contributed by atoms with E-state index in [1.165, 1.54) is 0 Å². The molecule has 1 aromatic carbocycles. The van der Waals surface area contributed by atoms with Crippen LogP contribution < -0.4 is 10.6 Å². The van der Waals surface area contributed by atoms with Gasteiger partial charge in [0.05, 0.1) is 24.5 Å². The zero-order valence-corrected chi connectivity index (χ0v) is 17.3. The Kier molecular flexibility index (Phi) is 7.64. The Labute approximate surface area is 170 Å². The standard InChI is InChI=1S/C18H23N7.HI/c1-3-19-18(21-14-17-9-11-22-24(17)2)20-13-15-5-7-16(8-6-15)25-12-4-10-23-25;/h4-12H,3,13-14H2,1-2H3,(H2,19,20,21);1H. The smallest absolute Gasteiger partial charge is 0.191 e. The van der Waals surface area contributed by atoms with Crippen LogP contribution in [0, 0.1) is 0 Å². The summed E-state index contributed by atoms with van der Waals surface area (Å²) in [5.41, 5.74) is 3.29. The summed E-state index contributed by atoms with van der Waals surface area (Å²) in [4.78, 5) is 4.65. The number of aromatic nitrogens is 4. The molecule has 0 amide bonds. The van der Waals surface area contributed by atoms with Crippen LogP contribution in [0.15, 0.2) is 60.0 Å². The quantitative estimate of drug-likeness (QED) is 0.334. The molecule has 2 heterocycles. The van der Waals surface area contributed by atoms with Crippen molar-refractivity contribution in [2.75, 3.05) is 6.54 Å². The van der Waals surface area contributed by atoms with Crippen molar-refractivity contribution >= 4 is 29.9 Å². The highest BCUT2D eigenvalue weighted by molar-refractivity contribution is 14.0. The van der Waals surface area contributed by atoms with Crippen LogP contribution in [0.2, 0.25) is 0 Å². The SMILES string of the molecule is CCNC(=NCc1ccc(-n2cccn2)cc1)NCc1ccnn1C.I. The number of benzene rings is 1. The summed E-state index contributed by atoms with van der Waals surface area (Å²) in [6.45, 7) is 4.16. The minimum absolute atomic E-state index is 0. The maximum absolute atomic E-state index is 4.65. The van der Waals surface area contributed by atoms with Crippen molar-refractivity contribution in [1.82, 2.24) is 30.2 Å². The number of hydrogen-bond donors (Lipinski definition) is 2. The first-order valence-corrected chi connectivity index (χ1v) is 8.34. The molecule has 26 heavy (non-hydrogen) atoms. The van der Waals surface area contributed by atoms with Gasteiger partial charge in [-0.3, -0.25) is 4.68 Å². The largest absolute Gasteiger partial charge is 0.357 e. The van der Waals surface area contributed by atoms with E-state index in [1.54, 1.807) is 12.4 Å². The molecule has 0 spiro atoms. The molecule has 0 radical (unpaired) electrons. The number of aliphatic imine (C=N–C) groups is 1. The van der Waals surface area contributed by atoms with Gasteiger partial charge in [-0.15, -0.1) is 24.0 Å². The minimum Gasteiger partial charge on any atom is -0.357 e. The highest BCUT2D eigenvalue weighted by atomic mass is 127. The van der Waals surface area contributed by atoms with E-state index in [2.05, 4.69) is 44.9 Å². The third-order valence-corrected chi connectivity index (χ3v) is 3.83. The van der Waals surface area contributed by atoms with E-state index in [9.17, 15) is 0 Å². The van der Waals surface area contributed by atoms with Crippen LogP contribution in [-0.2, 0) is 20.1 Å². The van der Waals surface area contributed by atoms with Crippen LogP contribution >= 0.6 is 24.0 Å². The number of nitrogens with one attached hydrogen (secondary N) is 2. The van der Waals surface area contributed by atoms with E-state index < -0.39 is 0 Å². The molecular weight excluding hydrogens is 441 g/mol. The lowest BCUT2D eigenvalue weighted by molar-refractivity contribution is 0.685. The number of rotatable bonds is 6. The summed E-state index contributed by atoms with van der Waals surface area (Å²) < 4.78 is 3.69. The first-order chi connectivity index (χ1) is 12.3. The second-order valence-corrected chi connectivity index (χ2v) is 5.61. The average molecular weight is 465 g/mol. The molecular formula is C18H24IN7. The average Bonchev–Trinajstić information content (AvgIpc) is 3.30. The van der Waals surface area contributed by atoms with Gasteiger partial charge < -0.3 is 10.6 Å². The molecule has 0 fully saturated rings. The molecule has 138 valence electrons. The number of aryl methyl sites for hydroxylation is 1. The first kappa shape index (κ1) is 20.0. The van der Waals surface area contributed by atoms with Crippen molar-refractivity contribution in [2.24, 2.45) is 12.0 Å². The van der Waals surface area contributed by atoms with Crippen LogP contribution in [0.25, 0.3) is 5.69 Å². The first-order valence-electron chi connectivity index (χ1n) is 8.34. The van der Waals surface area contributed by atoms with Gasteiger partial charge in [-0.25, -0.2) is 9.67 Å². The van der Waals surface area contributed by atoms with E-state index in [0.29, 0.717) is 13.1 Å². The van der Waals surface area contributed by atoms with Gasteiger partial charge in [0.2, 0.25) is 0 Å². The van der Waals surface area contributed by atoms with Crippen molar-refractivity contribution < 1.29 is 0 Å². The Balaban J connectivity index is 0.00000243. The highest BCUT2D eigenvalue weighted by Gasteiger charge is 2.02. The zero-order valence-electron chi connectivity index (χ0n) is 15.0. The summed E-state index contributed by atoms with van der Waals surface area (Å²) in [5, 5.41) is 15.0. The predicted molar refractivity (Wildman–Crippen MR) is 114 cm³/mol. The molecule has 0 atom stereocenters. The van der Waals surface area contributed by atoms with E-state index in [0.717, 1.165) is 29.4 Å². The van der Waals surface area contributed by atoms with Gasteiger partial charge >= 0.3 is 0 Å². The highest BCUT2D eigenvalue weighted by Crippen LogP contribution is 2.09. The molecule has 8 heteroatoms. The number of halogens is 1. The Morgan fingerprint density at radius 2 is 1.88 bits per heavy atom. The summed E-state index contributed by atoms with van der Waals surface area (Å²) in [6, 6.07) is 12.2. The van der Waals surface area contributed by atoms with Crippen LogP contribution in [0.4, 0.5) is 0 Å². The molecule has 0 unspecified atom stereocenters. The van der Waals surface area contributed by atoms with Gasteiger partial charge in [-0.2, -0.15) is 10.2 Å². The van der Waals surface area contributed by atoms with Crippen LogP contribution in [0.3, 0.4) is 0 Å². The van der Waals surface area contributed by atoms with E-state index in [1.807, 2.05) is 46.9 Å². The minimum atomic E-state index is 0. The van der Waals surface area contributed by atoms with Crippen LogP contribution in [0.1, 0.15) is 18.2 Å². The topological polar surface area (TPSA) is 72.1 Å². The second-order valence-electron chi connectivity index (χ2n) is 5.61. The Bertz CT molecular complexity index is 806. The lowest BCUT2D eigenvalue weighted by Crippen LogP contribution is -2.37. The molecule has 3 rings (SSSR count). The lowest BCUT2D eigenvalue weighted by Gasteiger charge is -2.11. The number of nitrogens with zero attached hydrogens (tertiary/aromatic N) is 5. The normalized spacial score (nSPS) is 11.1. The third kappa shape index (κ3) is 5.32. The van der Waals surface area contributed by atoms with Crippen molar-refractivity contribution in [3.63, 3.8) is 0 Å². The Morgan fingerprint density at radius 3 is 2.50 bits per heavy atom. The molecule has 2 aromatic heterocycles. The number of guanidine groups is 1. The van der Waals surface area contributed by atoms with Crippen molar-refractivity contribution in [1.29, 1.82) is 0 Å². The maximum Gasteiger partial charge on any atom is 0.191 e. The Hall–Kier alpha value is -2.36. The fraction of sp³-hybridized carbons (Fsp3) is 0.278. The molecule has 0 aliphatic heterocycles. The predicted octanol–water partition coefficient (Wildman–Crippen LogP) is 2.48. The molecule has 0 aliphatic rings. The van der Waals surface area contributed by atoms with Gasteiger partial charge in [-0.05, 0) is 36.8 Å². The van der Waals surface area contributed by atoms with Gasteiger partial charge in [0.25, 0.3) is 0 Å². The molecule has 0 aliphatic carbocycles. The molecule has 7 nitrogen and oxygen atoms in total. The molecule has 0 saturated carbocycles. The van der Waals surface area contributed by atoms with Crippen molar-refractivity contribution in [2.45, 2.75) is 20.0 Å². The van der Waals surface area contributed by atoms with Gasteiger partial charge in [0.1, 0.15) is 0 Å².